The predicted molar refractivity (Wildman–Crippen MR) is 61.4 cm³/mol. The molecule has 84 valence electrons. The third-order valence-electron chi connectivity index (χ3n) is 3.45. The van der Waals surface area contributed by atoms with E-state index in [-0.39, 0.29) is 0 Å². The molecule has 1 heterocycles. The molecule has 0 aromatic carbocycles. The molecular weight excluding hydrogens is 186 g/mol. The van der Waals surface area contributed by atoms with E-state index < -0.39 is 0 Å². The van der Waals surface area contributed by atoms with Crippen molar-refractivity contribution in [2.24, 2.45) is 11.3 Å². The minimum Gasteiger partial charge on any atom is -0.308 e. The van der Waals surface area contributed by atoms with Crippen LogP contribution >= 0.6 is 0 Å². The Balaban J connectivity index is 1.85. The molecule has 1 saturated carbocycles. The Kier molecular flexibility index (Phi) is 2.83. The molecule has 0 amide bonds. The fourth-order valence-electron chi connectivity index (χ4n) is 2.79. The number of nitrogens with zero attached hydrogens (tertiary/aromatic N) is 1. The molecule has 0 bridgehead atoms. The van der Waals surface area contributed by atoms with Gasteiger partial charge < -0.3 is 5.32 Å². The second-order valence-electron chi connectivity index (χ2n) is 5.62. The summed E-state index contributed by atoms with van der Waals surface area (Å²) in [4.78, 5) is 0. The molecule has 2 atom stereocenters. The molecule has 0 aliphatic heterocycles. The maximum Gasteiger partial charge on any atom is 0.0490 e. The zero-order valence-corrected chi connectivity index (χ0v) is 9.88. The summed E-state index contributed by atoms with van der Waals surface area (Å²) in [7, 11) is 0. The quantitative estimate of drug-likeness (QED) is 0.798. The Morgan fingerprint density at radius 2 is 2.33 bits per heavy atom. The third-order valence-corrected chi connectivity index (χ3v) is 3.45. The Morgan fingerprint density at radius 1 is 1.53 bits per heavy atom. The molecule has 1 aromatic rings. The van der Waals surface area contributed by atoms with Gasteiger partial charge >= 0.3 is 0 Å². The summed E-state index contributed by atoms with van der Waals surface area (Å²) >= 11 is 0. The number of aromatic amines is 1. The molecule has 3 heteroatoms. The lowest BCUT2D eigenvalue weighted by Crippen LogP contribution is -2.31. The largest absolute Gasteiger partial charge is 0.308 e. The average Bonchev–Trinajstić information content (AvgIpc) is 2.70. The van der Waals surface area contributed by atoms with Crippen LogP contribution in [0.2, 0.25) is 0 Å². The fraction of sp³-hybridized carbons (Fsp3) is 0.750. The van der Waals surface area contributed by atoms with Gasteiger partial charge in [-0.05, 0) is 30.2 Å². The van der Waals surface area contributed by atoms with Crippen LogP contribution in [0.3, 0.4) is 0 Å². The van der Waals surface area contributed by atoms with Gasteiger partial charge in [0.05, 0.1) is 0 Å². The first-order valence-corrected chi connectivity index (χ1v) is 5.78. The van der Waals surface area contributed by atoms with Crippen molar-refractivity contribution in [2.75, 3.05) is 0 Å². The Morgan fingerprint density at radius 3 is 2.87 bits per heavy atom. The van der Waals surface area contributed by atoms with Gasteiger partial charge in [-0.15, -0.1) is 0 Å². The normalized spacial score (nSPS) is 29.5. The SMILES string of the molecule is C[C@H]1CC(C)(C)C[C@H]1NCc1ccn[nH]1. The van der Waals surface area contributed by atoms with Crippen molar-refractivity contribution in [3.8, 4) is 0 Å². The van der Waals surface area contributed by atoms with Gasteiger partial charge in [0.25, 0.3) is 0 Å². The average molecular weight is 207 g/mol. The van der Waals surface area contributed by atoms with E-state index in [0.29, 0.717) is 11.5 Å². The van der Waals surface area contributed by atoms with E-state index in [4.69, 9.17) is 0 Å². The topological polar surface area (TPSA) is 40.7 Å². The molecule has 0 saturated heterocycles. The van der Waals surface area contributed by atoms with Gasteiger partial charge in [0.15, 0.2) is 0 Å². The molecule has 3 nitrogen and oxygen atoms in total. The second kappa shape index (κ2) is 3.97. The summed E-state index contributed by atoms with van der Waals surface area (Å²) in [6, 6.07) is 2.68. The fourth-order valence-corrected chi connectivity index (χ4v) is 2.79. The number of rotatable bonds is 3. The van der Waals surface area contributed by atoms with Gasteiger partial charge in [0.2, 0.25) is 0 Å². The minimum atomic E-state index is 0.505. The smallest absolute Gasteiger partial charge is 0.0490 e. The number of H-pyrrole nitrogens is 1. The van der Waals surface area contributed by atoms with E-state index in [1.54, 1.807) is 6.20 Å². The molecular formula is C12H21N3. The first-order valence-electron chi connectivity index (χ1n) is 5.78. The van der Waals surface area contributed by atoms with Gasteiger partial charge in [-0.2, -0.15) is 5.10 Å². The molecule has 15 heavy (non-hydrogen) atoms. The Hall–Kier alpha value is -0.830. The number of hydrogen-bond donors (Lipinski definition) is 2. The first-order chi connectivity index (χ1) is 7.07. The maximum atomic E-state index is 3.95. The Bertz CT molecular complexity index is 303. The van der Waals surface area contributed by atoms with Gasteiger partial charge in [0, 0.05) is 24.5 Å². The van der Waals surface area contributed by atoms with E-state index in [0.717, 1.165) is 12.5 Å². The highest BCUT2D eigenvalue weighted by Gasteiger charge is 2.36. The first kappa shape index (κ1) is 10.7. The van der Waals surface area contributed by atoms with Crippen molar-refractivity contribution in [1.29, 1.82) is 0 Å². The summed E-state index contributed by atoms with van der Waals surface area (Å²) in [5.41, 5.74) is 1.68. The highest BCUT2D eigenvalue weighted by atomic mass is 15.1. The van der Waals surface area contributed by atoms with Crippen molar-refractivity contribution < 1.29 is 0 Å². The van der Waals surface area contributed by atoms with Gasteiger partial charge in [-0.1, -0.05) is 20.8 Å². The highest BCUT2D eigenvalue weighted by molar-refractivity contribution is 4.99. The summed E-state index contributed by atoms with van der Waals surface area (Å²) in [5.74, 6) is 0.780. The van der Waals surface area contributed by atoms with Crippen LogP contribution in [0.15, 0.2) is 12.3 Å². The van der Waals surface area contributed by atoms with Crippen molar-refractivity contribution in [1.82, 2.24) is 15.5 Å². The van der Waals surface area contributed by atoms with Crippen LogP contribution in [0, 0.1) is 11.3 Å². The zero-order valence-electron chi connectivity index (χ0n) is 9.88. The van der Waals surface area contributed by atoms with E-state index in [9.17, 15) is 0 Å². The summed E-state index contributed by atoms with van der Waals surface area (Å²) in [5, 5.41) is 10.6. The van der Waals surface area contributed by atoms with Crippen LogP contribution in [-0.4, -0.2) is 16.2 Å². The molecule has 1 aromatic heterocycles. The minimum absolute atomic E-state index is 0.505. The predicted octanol–water partition coefficient (Wildman–Crippen LogP) is 2.32. The third kappa shape index (κ3) is 2.59. The lowest BCUT2D eigenvalue weighted by molar-refractivity contribution is 0.362. The summed E-state index contributed by atoms with van der Waals surface area (Å²) in [6.45, 7) is 7.98. The summed E-state index contributed by atoms with van der Waals surface area (Å²) in [6.07, 6.45) is 4.41. The number of aromatic nitrogens is 2. The van der Waals surface area contributed by atoms with Crippen LogP contribution in [0.5, 0.6) is 0 Å². The molecule has 1 aliphatic rings. The molecule has 2 N–H and O–H groups in total. The van der Waals surface area contributed by atoms with Crippen LogP contribution < -0.4 is 5.32 Å². The van der Waals surface area contributed by atoms with E-state index in [1.807, 2.05) is 6.07 Å². The summed E-state index contributed by atoms with van der Waals surface area (Å²) < 4.78 is 0. The van der Waals surface area contributed by atoms with Crippen molar-refractivity contribution in [3.05, 3.63) is 18.0 Å². The van der Waals surface area contributed by atoms with Crippen LogP contribution in [-0.2, 0) is 6.54 Å². The Labute approximate surface area is 91.7 Å². The number of hydrogen-bond acceptors (Lipinski definition) is 2. The second-order valence-corrected chi connectivity index (χ2v) is 5.62. The van der Waals surface area contributed by atoms with Crippen molar-refractivity contribution in [3.63, 3.8) is 0 Å². The monoisotopic (exact) mass is 207 g/mol. The highest BCUT2D eigenvalue weighted by Crippen LogP contribution is 2.40. The molecule has 2 rings (SSSR count). The lowest BCUT2D eigenvalue weighted by atomic mass is 9.91. The van der Waals surface area contributed by atoms with Gasteiger partial charge in [0.1, 0.15) is 0 Å². The standard InChI is InChI=1S/C12H21N3/c1-9-6-12(2,3)7-11(9)13-8-10-4-5-14-15-10/h4-5,9,11,13H,6-8H2,1-3H3,(H,14,15)/t9-,11+/m0/s1. The van der Waals surface area contributed by atoms with Crippen molar-refractivity contribution >= 4 is 0 Å². The maximum absolute atomic E-state index is 3.95. The molecule has 1 fully saturated rings. The van der Waals surface area contributed by atoms with Gasteiger partial charge in [-0.3, -0.25) is 5.10 Å². The van der Waals surface area contributed by atoms with Crippen molar-refractivity contribution in [2.45, 2.75) is 46.2 Å². The molecule has 0 radical (unpaired) electrons. The molecule has 0 spiro atoms. The van der Waals surface area contributed by atoms with E-state index in [2.05, 4.69) is 36.3 Å². The molecule has 1 aliphatic carbocycles. The van der Waals surface area contributed by atoms with Crippen LogP contribution in [0.4, 0.5) is 0 Å². The van der Waals surface area contributed by atoms with E-state index in [1.165, 1.54) is 18.5 Å². The van der Waals surface area contributed by atoms with Gasteiger partial charge in [-0.25, -0.2) is 0 Å². The zero-order chi connectivity index (χ0) is 10.9. The van der Waals surface area contributed by atoms with E-state index >= 15 is 0 Å². The number of nitrogens with one attached hydrogen (secondary N) is 2. The molecule has 0 unspecified atom stereocenters. The van der Waals surface area contributed by atoms with Crippen LogP contribution in [0.25, 0.3) is 0 Å². The van der Waals surface area contributed by atoms with Crippen LogP contribution in [0.1, 0.15) is 39.3 Å². The lowest BCUT2D eigenvalue weighted by Gasteiger charge is -2.18.